The molecular formula is C19H19N3O2. The summed E-state index contributed by atoms with van der Waals surface area (Å²) in [5, 5.41) is 6.77. The molecule has 0 radical (unpaired) electrons. The van der Waals surface area contributed by atoms with Gasteiger partial charge in [0.2, 0.25) is 17.6 Å². The van der Waals surface area contributed by atoms with Crippen LogP contribution in [0.15, 0.2) is 59.1 Å². The van der Waals surface area contributed by atoms with Gasteiger partial charge in [-0.05, 0) is 25.0 Å². The molecule has 2 aromatic carbocycles. The van der Waals surface area contributed by atoms with E-state index in [1.165, 1.54) is 0 Å². The van der Waals surface area contributed by atoms with Gasteiger partial charge in [0, 0.05) is 12.0 Å². The summed E-state index contributed by atoms with van der Waals surface area (Å²) in [6.45, 7) is 2.25. The summed E-state index contributed by atoms with van der Waals surface area (Å²) >= 11 is 0. The Balaban J connectivity index is 1.51. The highest BCUT2D eigenvalue weighted by molar-refractivity contribution is 5.76. The van der Waals surface area contributed by atoms with Crippen LogP contribution in [0.5, 0.6) is 0 Å². The van der Waals surface area contributed by atoms with Crippen LogP contribution in [0.1, 0.15) is 23.4 Å². The van der Waals surface area contributed by atoms with E-state index >= 15 is 0 Å². The zero-order valence-corrected chi connectivity index (χ0v) is 13.5. The van der Waals surface area contributed by atoms with E-state index in [0.717, 1.165) is 16.7 Å². The minimum absolute atomic E-state index is 0.0332. The number of carbonyl (C=O) groups excluding carboxylic acids is 1. The summed E-state index contributed by atoms with van der Waals surface area (Å²) in [5.74, 6) is 0.904. The molecule has 1 aromatic heterocycles. The monoisotopic (exact) mass is 321 g/mol. The van der Waals surface area contributed by atoms with Crippen LogP contribution in [-0.2, 0) is 17.8 Å². The summed E-state index contributed by atoms with van der Waals surface area (Å²) in [4.78, 5) is 16.2. The fourth-order valence-electron chi connectivity index (χ4n) is 2.39. The first-order valence-corrected chi connectivity index (χ1v) is 7.91. The number of hydrogen-bond acceptors (Lipinski definition) is 4. The second-order valence-electron chi connectivity index (χ2n) is 5.64. The molecular weight excluding hydrogens is 302 g/mol. The van der Waals surface area contributed by atoms with E-state index in [1.807, 2.05) is 61.5 Å². The maximum atomic E-state index is 11.9. The van der Waals surface area contributed by atoms with Crippen molar-refractivity contribution in [2.24, 2.45) is 0 Å². The lowest BCUT2D eigenvalue weighted by Gasteiger charge is -2.02. The summed E-state index contributed by atoms with van der Waals surface area (Å²) < 4.78 is 5.20. The van der Waals surface area contributed by atoms with Crippen molar-refractivity contribution in [3.05, 3.63) is 71.6 Å². The average Bonchev–Trinajstić information content (AvgIpc) is 3.08. The van der Waals surface area contributed by atoms with E-state index in [2.05, 4.69) is 15.5 Å². The van der Waals surface area contributed by atoms with Crippen molar-refractivity contribution >= 4 is 5.91 Å². The fourth-order valence-corrected chi connectivity index (χ4v) is 2.39. The van der Waals surface area contributed by atoms with Crippen molar-refractivity contribution in [3.63, 3.8) is 0 Å². The number of nitrogens with zero attached hydrogens (tertiary/aromatic N) is 2. The van der Waals surface area contributed by atoms with Crippen molar-refractivity contribution < 1.29 is 9.32 Å². The third-order valence-corrected chi connectivity index (χ3v) is 3.66. The van der Waals surface area contributed by atoms with E-state index in [1.54, 1.807) is 0 Å². The molecule has 0 aliphatic heterocycles. The van der Waals surface area contributed by atoms with E-state index in [0.29, 0.717) is 24.6 Å². The molecule has 5 heteroatoms. The second-order valence-corrected chi connectivity index (χ2v) is 5.64. The van der Waals surface area contributed by atoms with Crippen LogP contribution in [0.2, 0.25) is 0 Å². The molecule has 122 valence electrons. The molecule has 0 bridgehead atoms. The highest BCUT2D eigenvalue weighted by atomic mass is 16.5. The lowest BCUT2D eigenvalue weighted by atomic mass is 10.1. The number of carbonyl (C=O) groups is 1. The Bertz CT molecular complexity index is 812. The lowest BCUT2D eigenvalue weighted by Crippen LogP contribution is -2.23. The maximum Gasteiger partial charge on any atom is 0.246 e. The van der Waals surface area contributed by atoms with Gasteiger partial charge < -0.3 is 9.84 Å². The zero-order chi connectivity index (χ0) is 16.8. The van der Waals surface area contributed by atoms with Gasteiger partial charge in [-0.25, -0.2) is 0 Å². The minimum atomic E-state index is -0.0332. The van der Waals surface area contributed by atoms with Crippen LogP contribution >= 0.6 is 0 Å². The van der Waals surface area contributed by atoms with Gasteiger partial charge in [0.15, 0.2) is 0 Å². The second kappa shape index (κ2) is 7.55. The first-order chi connectivity index (χ1) is 11.7. The van der Waals surface area contributed by atoms with Gasteiger partial charge in [-0.2, -0.15) is 4.98 Å². The number of amides is 1. The van der Waals surface area contributed by atoms with Crippen LogP contribution in [-0.4, -0.2) is 16.0 Å². The maximum absolute atomic E-state index is 11.9. The molecule has 0 aliphatic rings. The Morgan fingerprint density at radius 3 is 2.75 bits per heavy atom. The van der Waals surface area contributed by atoms with Crippen LogP contribution in [0.25, 0.3) is 11.4 Å². The zero-order valence-electron chi connectivity index (χ0n) is 13.5. The Morgan fingerprint density at radius 1 is 1.12 bits per heavy atom. The van der Waals surface area contributed by atoms with E-state index in [9.17, 15) is 4.79 Å². The number of nitrogens with one attached hydrogen (secondary N) is 1. The predicted molar refractivity (Wildman–Crippen MR) is 91.1 cm³/mol. The summed E-state index contributed by atoms with van der Waals surface area (Å²) in [6, 6.07) is 17.8. The number of rotatable bonds is 6. The van der Waals surface area contributed by atoms with Crippen molar-refractivity contribution in [2.75, 3.05) is 0 Å². The third-order valence-electron chi connectivity index (χ3n) is 3.66. The molecule has 0 saturated heterocycles. The predicted octanol–water partition coefficient (Wildman–Crippen LogP) is 3.29. The quantitative estimate of drug-likeness (QED) is 0.756. The molecule has 0 aliphatic carbocycles. The minimum Gasteiger partial charge on any atom is -0.347 e. The first kappa shape index (κ1) is 15.9. The Kier molecular flexibility index (Phi) is 5.01. The number of benzene rings is 2. The molecule has 0 saturated carbocycles. The van der Waals surface area contributed by atoms with E-state index in [-0.39, 0.29) is 12.5 Å². The largest absolute Gasteiger partial charge is 0.347 e. The van der Waals surface area contributed by atoms with Crippen LogP contribution in [0.3, 0.4) is 0 Å². The normalized spacial score (nSPS) is 10.5. The van der Waals surface area contributed by atoms with Gasteiger partial charge in [0.05, 0.1) is 6.54 Å². The molecule has 0 spiro atoms. The van der Waals surface area contributed by atoms with Gasteiger partial charge in [-0.3, -0.25) is 4.79 Å². The molecule has 0 fully saturated rings. The summed E-state index contributed by atoms with van der Waals surface area (Å²) in [7, 11) is 0. The third kappa shape index (κ3) is 4.29. The van der Waals surface area contributed by atoms with Gasteiger partial charge in [0.25, 0.3) is 0 Å². The summed E-state index contributed by atoms with van der Waals surface area (Å²) in [6.07, 6.45) is 1.15. The van der Waals surface area contributed by atoms with E-state index < -0.39 is 0 Å². The van der Waals surface area contributed by atoms with E-state index in [4.69, 9.17) is 4.52 Å². The van der Waals surface area contributed by atoms with Crippen LogP contribution < -0.4 is 5.32 Å². The molecule has 0 atom stereocenters. The molecule has 3 aromatic rings. The Morgan fingerprint density at radius 2 is 1.96 bits per heavy atom. The summed E-state index contributed by atoms with van der Waals surface area (Å²) in [5.41, 5.74) is 3.18. The number of aromatic nitrogens is 2. The fraction of sp³-hybridized carbons (Fsp3) is 0.211. The van der Waals surface area contributed by atoms with Gasteiger partial charge in [0.1, 0.15) is 0 Å². The average molecular weight is 321 g/mol. The van der Waals surface area contributed by atoms with Crippen molar-refractivity contribution in [2.45, 2.75) is 26.3 Å². The Labute approximate surface area is 140 Å². The molecule has 0 unspecified atom stereocenters. The SMILES string of the molecule is Cc1cccc(-c2noc(CNC(=O)CCc3ccccc3)n2)c1. The van der Waals surface area contributed by atoms with Gasteiger partial charge in [-0.15, -0.1) is 0 Å². The van der Waals surface area contributed by atoms with Crippen molar-refractivity contribution in [1.82, 2.24) is 15.5 Å². The highest BCUT2D eigenvalue weighted by Gasteiger charge is 2.10. The van der Waals surface area contributed by atoms with Crippen LogP contribution in [0.4, 0.5) is 0 Å². The molecule has 1 N–H and O–H groups in total. The number of hydrogen-bond donors (Lipinski definition) is 1. The van der Waals surface area contributed by atoms with Gasteiger partial charge >= 0.3 is 0 Å². The van der Waals surface area contributed by atoms with Crippen molar-refractivity contribution in [1.29, 1.82) is 0 Å². The smallest absolute Gasteiger partial charge is 0.246 e. The molecule has 5 nitrogen and oxygen atoms in total. The van der Waals surface area contributed by atoms with Crippen LogP contribution in [0, 0.1) is 6.92 Å². The lowest BCUT2D eigenvalue weighted by molar-refractivity contribution is -0.121. The highest BCUT2D eigenvalue weighted by Crippen LogP contribution is 2.16. The molecule has 24 heavy (non-hydrogen) atoms. The molecule has 1 amide bonds. The standard InChI is InChI=1S/C19H19N3O2/c1-14-6-5-9-16(12-14)19-21-18(24-22-19)13-20-17(23)11-10-15-7-3-2-4-8-15/h2-9,12H,10-11,13H2,1H3,(H,20,23). The topological polar surface area (TPSA) is 68.0 Å². The number of aryl methyl sites for hydroxylation is 2. The van der Waals surface area contributed by atoms with Gasteiger partial charge in [-0.1, -0.05) is 59.3 Å². The molecule has 1 heterocycles. The first-order valence-electron chi connectivity index (χ1n) is 7.91. The molecule has 3 rings (SSSR count). The van der Waals surface area contributed by atoms with Crippen molar-refractivity contribution in [3.8, 4) is 11.4 Å². The Hall–Kier alpha value is -2.95.